The van der Waals surface area contributed by atoms with Crippen molar-refractivity contribution in [1.29, 1.82) is 0 Å². The van der Waals surface area contributed by atoms with E-state index in [1.165, 1.54) is 37.0 Å². The van der Waals surface area contributed by atoms with Crippen LogP contribution in [0.25, 0.3) is 0 Å². The van der Waals surface area contributed by atoms with Crippen molar-refractivity contribution in [3.63, 3.8) is 0 Å². The number of nitrogens with zero attached hydrogens (tertiary/aromatic N) is 3. The maximum absolute atomic E-state index is 11.8. The molecule has 2 aromatic heterocycles. The second kappa shape index (κ2) is 4.80. The number of aromatic nitrogens is 3. The summed E-state index contributed by atoms with van der Waals surface area (Å²) in [5.74, 6) is -1.42. The maximum Gasteiger partial charge on any atom is 0.331 e. The zero-order valence-electron chi connectivity index (χ0n) is 11.2. The Morgan fingerprint density at radius 1 is 1.45 bits per heavy atom. The lowest BCUT2D eigenvalue weighted by Gasteiger charge is -2.19. The van der Waals surface area contributed by atoms with E-state index in [0.717, 1.165) is 0 Å². The fourth-order valence-corrected chi connectivity index (χ4v) is 1.45. The monoisotopic (exact) mass is 278 g/mol. The SMILES string of the molecule is Cc1cc(C(=O)Nc2cnn(C(C)(C)C(=O)O)c2)on1. The van der Waals surface area contributed by atoms with Gasteiger partial charge in [-0.05, 0) is 20.8 Å². The fraction of sp³-hybridized carbons (Fsp3) is 0.333. The molecule has 2 N–H and O–H groups in total. The van der Waals surface area contributed by atoms with Gasteiger partial charge in [0.25, 0.3) is 5.91 Å². The van der Waals surface area contributed by atoms with Gasteiger partial charge in [0.05, 0.1) is 17.6 Å². The standard InChI is InChI=1S/C12H14N4O4/c1-7-4-9(20-15-7)10(17)14-8-5-13-16(6-8)12(2,3)11(18)19/h4-6H,1-3H3,(H,14,17)(H,18,19). The maximum atomic E-state index is 11.8. The number of aliphatic carboxylic acids is 1. The van der Waals surface area contributed by atoms with Crippen LogP contribution in [0.5, 0.6) is 0 Å². The molecule has 0 saturated carbocycles. The minimum Gasteiger partial charge on any atom is -0.479 e. The predicted octanol–water partition coefficient (Wildman–Crippen LogP) is 1.25. The van der Waals surface area contributed by atoms with Gasteiger partial charge in [-0.3, -0.25) is 9.48 Å². The van der Waals surface area contributed by atoms with Gasteiger partial charge in [0.15, 0.2) is 5.54 Å². The summed E-state index contributed by atoms with van der Waals surface area (Å²) in [6, 6.07) is 1.50. The largest absolute Gasteiger partial charge is 0.479 e. The molecule has 8 heteroatoms. The van der Waals surface area contributed by atoms with Crippen LogP contribution in [0, 0.1) is 6.92 Å². The molecule has 20 heavy (non-hydrogen) atoms. The van der Waals surface area contributed by atoms with Crippen LogP contribution in [-0.2, 0) is 10.3 Å². The summed E-state index contributed by atoms with van der Waals surface area (Å²) in [4.78, 5) is 22.9. The Labute approximate surface area is 114 Å². The van der Waals surface area contributed by atoms with Crippen molar-refractivity contribution >= 4 is 17.6 Å². The van der Waals surface area contributed by atoms with E-state index in [-0.39, 0.29) is 5.76 Å². The van der Waals surface area contributed by atoms with E-state index in [1.54, 1.807) is 6.92 Å². The van der Waals surface area contributed by atoms with E-state index < -0.39 is 17.4 Å². The highest BCUT2D eigenvalue weighted by molar-refractivity contribution is 6.02. The molecule has 0 spiro atoms. The molecule has 0 aliphatic heterocycles. The van der Waals surface area contributed by atoms with Crippen LogP contribution in [0.2, 0.25) is 0 Å². The number of anilines is 1. The van der Waals surface area contributed by atoms with E-state index in [9.17, 15) is 9.59 Å². The molecule has 0 unspecified atom stereocenters. The van der Waals surface area contributed by atoms with Crippen LogP contribution in [-0.4, -0.2) is 31.9 Å². The number of aryl methyl sites for hydroxylation is 1. The third-order valence-corrected chi connectivity index (χ3v) is 2.79. The van der Waals surface area contributed by atoms with E-state index in [0.29, 0.717) is 11.4 Å². The first-order valence-corrected chi connectivity index (χ1v) is 5.84. The lowest BCUT2D eigenvalue weighted by molar-refractivity contribution is -0.146. The van der Waals surface area contributed by atoms with Crippen molar-refractivity contribution < 1.29 is 19.2 Å². The Hall–Kier alpha value is -2.64. The Kier molecular flexibility index (Phi) is 3.31. The Morgan fingerprint density at radius 3 is 2.70 bits per heavy atom. The van der Waals surface area contributed by atoms with Gasteiger partial charge in [0.1, 0.15) is 0 Å². The first-order valence-electron chi connectivity index (χ1n) is 5.84. The molecule has 106 valence electrons. The molecule has 0 aliphatic carbocycles. The van der Waals surface area contributed by atoms with Crippen LogP contribution in [0.3, 0.4) is 0 Å². The number of hydrogen-bond acceptors (Lipinski definition) is 5. The van der Waals surface area contributed by atoms with Gasteiger partial charge < -0.3 is 14.9 Å². The van der Waals surface area contributed by atoms with E-state index in [4.69, 9.17) is 9.63 Å². The van der Waals surface area contributed by atoms with Gasteiger partial charge >= 0.3 is 5.97 Å². The highest BCUT2D eigenvalue weighted by Gasteiger charge is 2.30. The zero-order chi connectivity index (χ0) is 14.9. The molecule has 2 heterocycles. The van der Waals surface area contributed by atoms with Crippen molar-refractivity contribution in [3.8, 4) is 0 Å². The van der Waals surface area contributed by atoms with Crippen LogP contribution >= 0.6 is 0 Å². The van der Waals surface area contributed by atoms with Crippen molar-refractivity contribution in [2.24, 2.45) is 0 Å². The third-order valence-electron chi connectivity index (χ3n) is 2.79. The van der Waals surface area contributed by atoms with Crippen molar-refractivity contribution in [2.75, 3.05) is 5.32 Å². The molecular weight excluding hydrogens is 264 g/mol. The average molecular weight is 278 g/mol. The predicted molar refractivity (Wildman–Crippen MR) is 68.4 cm³/mol. The molecule has 0 radical (unpaired) electrons. The summed E-state index contributed by atoms with van der Waals surface area (Å²) in [5, 5.41) is 19.2. The Morgan fingerprint density at radius 2 is 2.15 bits per heavy atom. The fourth-order valence-electron chi connectivity index (χ4n) is 1.45. The summed E-state index contributed by atoms with van der Waals surface area (Å²) in [5.41, 5.74) is -0.234. The lowest BCUT2D eigenvalue weighted by atomic mass is 10.1. The highest BCUT2D eigenvalue weighted by Crippen LogP contribution is 2.17. The van der Waals surface area contributed by atoms with Gasteiger partial charge in [-0.25, -0.2) is 4.79 Å². The summed E-state index contributed by atoms with van der Waals surface area (Å²) < 4.78 is 6.09. The quantitative estimate of drug-likeness (QED) is 0.870. The molecular formula is C12H14N4O4. The topological polar surface area (TPSA) is 110 Å². The smallest absolute Gasteiger partial charge is 0.331 e. The average Bonchev–Trinajstić information content (AvgIpc) is 2.98. The molecule has 0 atom stereocenters. The number of carbonyl (C=O) groups is 2. The molecule has 0 aromatic carbocycles. The lowest BCUT2D eigenvalue weighted by Crippen LogP contribution is -2.35. The minimum atomic E-state index is -1.20. The van der Waals surface area contributed by atoms with Gasteiger partial charge in [-0.15, -0.1) is 0 Å². The molecule has 2 aromatic rings. The second-order valence-electron chi connectivity index (χ2n) is 4.82. The summed E-state index contributed by atoms with van der Waals surface area (Å²) >= 11 is 0. The number of nitrogens with one attached hydrogen (secondary N) is 1. The first kappa shape index (κ1) is 13.8. The summed E-state index contributed by atoms with van der Waals surface area (Å²) in [6.07, 6.45) is 2.81. The minimum absolute atomic E-state index is 0.0766. The normalized spacial score (nSPS) is 11.3. The number of hydrogen-bond donors (Lipinski definition) is 2. The van der Waals surface area contributed by atoms with Crippen LogP contribution in [0.15, 0.2) is 23.0 Å². The van der Waals surface area contributed by atoms with Gasteiger partial charge in [-0.1, -0.05) is 5.16 Å². The summed E-state index contributed by atoms with van der Waals surface area (Å²) in [7, 11) is 0. The molecule has 2 rings (SSSR count). The number of amides is 1. The van der Waals surface area contributed by atoms with Gasteiger partial charge in [0, 0.05) is 12.3 Å². The Balaban J connectivity index is 2.14. The molecule has 0 aliphatic rings. The van der Waals surface area contributed by atoms with Crippen molar-refractivity contribution in [1.82, 2.24) is 14.9 Å². The van der Waals surface area contributed by atoms with Crippen molar-refractivity contribution in [3.05, 3.63) is 29.9 Å². The highest BCUT2D eigenvalue weighted by atomic mass is 16.5. The number of carbonyl (C=O) groups excluding carboxylic acids is 1. The molecule has 0 saturated heterocycles. The van der Waals surface area contributed by atoms with Gasteiger partial charge in [-0.2, -0.15) is 5.10 Å². The van der Waals surface area contributed by atoms with Crippen LogP contribution < -0.4 is 5.32 Å². The van der Waals surface area contributed by atoms with Gasteiger partial charge in [0.2, 0.25) is 5.76 Å². The number of rotatable bonds is 4. The molecule has 0 bridgehead atoms. The van der Waals surface area contributed by atoms with Crippen LogP contribution in [0.4, 0.5) is 5.69 Å². The van der Waals surface area contributed by atoms with E-state index >= 15 is 0 Å². The Bertz CT molecular complexity index is 656. The van der Waals surface area contributed by atoms with E-state index in [2.05, 4.69) is 15.6 Å². The number of carboxylic acid groups (broad SMARTS) is 1. The van der Waals surface area contributed by atoms with Crippen LogP contribution in [0.1, 0.15) is 30.1 Å². The van der Waals surface area contributed by atoms with Crippen molar-refractivity contribution in [2.45, 2.75) is 26.3 Å². The second-order valence-corrected chi connectivity index (χ2v) is 4.82. The molecule has 8 nitrogen and oxygen atoms in total. The number of carboxylic acids is 1. The molecule has 0 fully saturated rings. The molecule has 1 amide bonds. The first-order chi connectivity index (χ1) is 9.30. The third kappa shape index (κ3) is 2.53. The zero-order valence-corrected chi connectivity index (χ0v) is 11.2. The van der Waals surface area contributed by atoms with E-state index in [1.807, 2.05) is 0 Å². The summed E-state index contributed by atoms with van der Waals surface area (Å²) in [6.45, 7) is 4.72.